The first-order chi connectivity index (χ1) is 5.88. The van der Waals surface area contributed by atoms with E-state index in [1.165, 1.54) is 12.8 Å². The Bertz CT molecular complexity index is 161. The van der Waals surface area contributed by atoms with Crippen LogP contribution in [-0.2, 0) is 4.79 Å². The number of hydrogen-bond acceptors (Lipinski definition) is 3. The van der Waals surface area contributed by atoms with Gasteiger partial charge in [-0.2, -0.15) is 0 Å². The minimum absolute atomic E-state index is 0. The monoisotopic (exact) mass is 222 g/mol. The third-order valence-corrected chi connectivity index (χ3v) is 3.37. The third kappa shape index (κ3) is 2.51. The summed E-state index contributed by atoms with van der Waals surface area (Å²) in [5.41, 5.74) is 0. The highest BCUT2D eigenvalue weighted by Gasteiger charge is 2.28. The molecule has 2 rings (SSSR count). The van der Waals surface area contributed by atoms with Crippen LogP contribution in [0.15, 0.2) is 0 Å². The summed E-state index contributed by atoms with van der Waals surface area (Å²) in [6.45, 7) is 1.95. The van der Waals surface area contributed by atoms with Crippen LogP contribution < -0.4 is 5.32 Å². The molecule has 0 saturated carbocycles. The average molecular weight is 223 g/mol. The Balaban J connectivity index is 0.000000845. The van der Waals surface area contributed by atoms with Crippen molar-refractivity contribution in [2.24, 2.45) is 0 Å². The van der Waals surface area contributed by atoms with Crippen molar-refractivity contribution < 1.29 is 4.79 Å². The first kappa shape index (κ1) is 11.1. The zero-order chi connectivity index (χ0) is 8.39. The van der Waals surface area contributed by atoms with Crippen LogP contribution in [-0.4, -0.2) is 41.6 Å². The van der Waals surface area contributed by atoms with E-state index < -0.39 is 0 Å². The Morgan fingerprint density at radius 3 is 2.62 bits per heavy atom. The zero-order valence-corrected chi connectivity index (χ0v) is 9.12. The van der Waals surface area contributed by atoms with E-state index in [2.05, 4.69) is 5.32 Å². The largest absolute Gasteiger partial charge is 0.341 e. The lowest BCUT2D eigenvalue weighted by Crippen LogP contribution is -2.43. The molecule has 5 heteroatoms. The van der Waals surface area contributed by atoms with Gasteiger partial charge in [0.25, 0.3) is 0 Å². The van der Waals surface area contributed by atoms with E-state index in [0.717, 1.165) is 24.7 Å². The number of thioether (sulfide) groups is 1. The second-order valence-electron chi connectivity index (χ2n) is 3.30. The number of carbonyl (C=O) groups is 1. The van der Waals surface area contributed by atoms with Gasteiger partial charge in [-0.15, -0.1) is 24.2 Å². The van der Waals surface area contributed by atoms with Crippen molar-refractivity contribution in [3.8, 4) is 0 Å². The highest BCUT2D eigenvalue weighted by molar-refractivity contribution is 7.99. The summed E-state index contributed by atoms with van der Waals surface area (Å²) in [5, 5.41) is 3.20. The molecule has 2 aliphatic heterocycles. The predicted octanol–water partition coefficient (Wildman–Crippen LogP) is 0.693. The molecule has 2 fully saturated rings. The Kier molecular flexibility index (Phi) is 4.35. The second-order valence-corrected chi connectivity index (χ2v) is 4.33. The summed E-state index contributed by atoms with van der Waals surface area (Å²) < 4.78 is 0. The maximum Gasteiger partial charge on any atom is 0.240 e. The van der Waals surface area contributed by atoms with Gasteiger partial charge < -0.3 is 4.90 Å². The van der Waals surface area contributed by atoms with E-state index in [4.69, 9.17) is 0 Å². The van der Waals surface area contributed by atoms with Crippen LogP contribution in [0.25, 0.3) is 0 Å². The fraction of sp³-hybridized carbons (Fsp3) is 0.875. The van der Waals surface area contributed by atoms with Gasteiger partial charge in [-0.25, -0.2) is 0 Å². The molecular weight excluding hydrogens is 208 g/mol. The molecule has 1 amide bonds. The average Bonchev–Trinajstić information content (AvgIpc) is 2.77. The van der Waals surface area contributed by atoms with E-state index >= 15 is 0 Å². The summed E-state index contributed by atoms with van der Waals surface area (Å²) in [5.74, 6) is 2.21. The highest BCUT2D eigenvalue weighted by atomic mass is 35.5. The Labute approximate surface area is 89.0 Å². The number of nitrogens with one attached hydrogen (secondary N) is 1. The molecule has 2 aliphatic rings. The quantitative estimate of drug-likeness (QED) is 0.709. The Hall–Kier alpha value is 0.0700. The number of likely N-dealkylation sites (tertiary alicyclic amines) is 1. The van der Waals surface area contributed by atoms with Crippen LogP contribution >= 0.6 is 24.2 Å². The molecule has 3 nitrogen and oxygen atoms in total. The number of rotatable bonds is 1. The molecule has 0 spiro atoms. The molecule has 0 unspecified atom stereocenters. The lowest BCUT2D eigenvalue weighted by atomic mass is 10.3. The molecule has 0 aromatic rings. The summed E-state index contributed by atoms with van der Waals surface area (Å²) in [4.78, 5) is 13.7. The van der Waals surface area contributed by atoms with Crippen LogP contribution in [0, 0.1) is 0 Å². The van der Waals surface area contributed by atoms with Crippen molar-refractivity contribution in [3.63, 3.8) is 0 Å². The van der Waals surface area contributed by atoms with Gasteiger partial charge in [0.15, 0.2) is 0 Å². The molecule has 2 saturated heterocycles. The molecule has 0 aromatic carbocycles. The lowest BCUT2D eigenvalue weighted by molar-refractivity contribution is -0.131. The van der Waals surface area contributed by atoms with Crippen LogP contribution in [0.5, 0.6) is 0 Å². The smallest absolute Gasteiger partial charge is 0.240 e. The zero-order valence-electron chi connectivity index (χ0n) is 7.49. The van der Waals surface area contributed by atoms with Crippen LogP contribution in [0.1, 0.15) is 12.8 Å². The fourth-order valence-corrected chi connectivity index (χ4v) is 2.64. The van der Waals surface area contributed by atoms with Crippen LogP contribution in [0.3, 0.4) is 0 Å². The number of hydrogen-bond donors (Lipinski definition) is 1. The molecule has 76 valence electrons. The second kappa shape index (κ2) is 5.08. The van der Waals surface area contributed by atoms with Gasteiger partial charge in [0.1, 0.15) is 0 Å². The summed E-state index contributed by atoms with van der Waals surface area (Å²) in [6, 6.07) is 0.105. The fourth-order valence-electron chi connectivity index (χ4n) is 1.71. The Morgan fingerprint density at radius 1 is 1.38 bits per heavy atom. The topological polar surface area (TPSA) is 32.3 Å². The van der Waals surface area contributed by atoms with E-state index in [9.17, 15) is 4.79 Å². The summed E-state index contributed by atoms with van der Waals surface area (Å²) in [6.07, 6.45) is 2.37. The van der Waals surface area contributed by atoms with E-state index in [1.807, 2.05) is 16.7 Å². The minimum Gasteiger partial charge on any atom is -0.341 e. The number of nitrogens with zero attached hydrogens (tertiary/aromatic N) is 1. The van der Waals surface area contributed by atoms with E-state index in [1.54, 1.807) is 0 Å². The number of amides is 1. The standard InChI is InChI=1S/C8H14N2OS.ClH/c11-8(7-5-12-6-9-7)10-3-1-2-4-10;/h7,9H,1-6H2;1H/t7-;/m0./s1. The first-order valence-corrected chi connectivity index (χ1v) is 5.63. The maximum atomic E-state index is 11.7. The number of halogens is 1. The van der Waals surface area contributed by atoms with Gasteiger partial charge in [-0.1, -0.05) is 0 Å². The summed E-state index contributed by atoms with van der Waals surface area (Å²) >= 11 is 1.81. The first-order valence-electron chi connectivity index (χ1n) is 4.48. The van der Waals surface area contributed by atoms with Crippen molar-refractivity contribution in [1.82, 2.24) is 10.2 Å². The third-order valence-electron chi connectivity index (χ3n) is 2.43. The van der Waals surface area contributed by atoms with Crippen LogP contribution in [0.2, 0.25) is 0 Å². The van der Waals surface area contributed by atoms with Crippen molar-refractivity contribution >= 4 is 30.1 Å². The Morgan fingerprint density at radius 2 is 2.08 bits per heavy atom. The van der Waals surface area contributed by atoms with Gasteiger partial charge in [-0.3, -0.25) is 10.1 Å². The SMILES string of the molecule is Cl.O=C([C@@H]1CSCN1)N1CCCC1. The van der Waals surface area contributed by atoms with E-state index in [-0.39, 0.29) is 18.4 Å². The minimum atomic E-state index is 0. The normalized spacial score (nSPS) is 27.4. The molecule has 1 atom stereocenters. The van der Waals surface area contributed by atoms with E-state index in [0.29, 0.717) is 5.91 Å². The number of carbonyl (C=O) groups excluding carboxylic acids is 1. The molecule has 0 bridgehead atoms. The van der Waals surface area contributed by atoms with Crippen molar-refractivity contribution in [2.75, 3.05) is 24.7 Å². The van der Waals surface area contributed by atoms with Gasteiger partial charge >= 0.3 is 0 Å². The van der Waals surface area contributed by atoms with Crippen molar-refractivity contribution in [3.05, 3.63) is 0 Å². The van der Waals surface area contributed by atoms with Gasteiger partial charge in [0, 0.05) is 24.7 Å². The lowest BCUT2D eigenvalue weighted by Gasteiger charge is -2.19. The van der Waals surface area contributed by atoms with Crippen LogP contribution in [0.4, 0.5) is 0 Å². The van der Waals surface area contributed by atoms with Crippen molar-refractivity contribution in [1.29, 1.82) is 0 Å². The molecule has 2 heterocycles. The predicted molar refractivity (Wildman–Crippen MR) is 57.3 cm³/mol. The highest BCUT2D eigenvalue weighted by Crippen LogP contribution is 2.15. The molecule has 0 aliphatic carbocycles. The molecule has 1 N–H and O–H groups in total. The van der Waals surface area contributed by atoms with Gasteiger partial charge in [-0.05, 0) is 12.8 Å². The van der Waals surface area contributed by atoms with Crippen molar-refractivity contribution in [2.45, 2.75) is 18.9 Å². The molecule has 0 aromatic heterocycles. The summed E-state index contributed by atoms with van der Waals surface area (Å²) in [7, 11) is 0. The molecule has 13 heavy (non-hydrogen) atoms. The van der Waals surface area contributed by atoms with Gasteiger partial charge in [0.05, 0.1) is 6.04 Å². The van der Waals surface area contributed by atoms with Gasteiger partial charge in [0.2, 0.25) is 5.91 Å². The molecule has 0 radical (unpaired) electrons. The maximum absolute atomic E-state index is 11.7. The molecular formula is C8H15ClN2OS.